The van der Waals surface area contributed by atoms with Crippen LogP contribution in [-0.4, -0.2) is 8.42 Å². The summed E-state index contributed by atoms with van der Waals surface area (Å²) >= 11 is 0. The van der Waals surface area contributed by atoms with Gasteiger partial charge in [-0.3, -0.25) is 5.32 Å². The Bertz CT molecular complexity index is 671. The summed E-state index contributed by atoms with van der Waals surface area (Å²) in [6.45, 7) is 0. The summed E-state index contributed by atoms with van der Waals surface area (Å²) < 4.78 is 24.4. The van der Waals surface area contributed by atoms with E-state index >= 15 is 0 Å². The molecule has 1 N–H and O–H groups in total. The van der Waals surface area contributed by atoms with Crippen LogP contribution in [0.4, 0.5) is 5.69 Å². The van der Waals surface area contributed by atoms with Crippen molar-refractivity contribution in [3.05, 3.63) is 54.6 Å². The minimum atomic E-state index is -3.48. The predicted molar refractivity (Wildman–Crippen MR) is 67.6 cm³/mol. The molecular formula is C13H10N2O2S. The number of nitriles is 1. The van der Waals surface area contributed by atoms with Crippen LogP contribution in [-0.2, 0) is 9.84 Å². The molecule has 0 bridgehead atoms. The van der Waals surface area contributed by atoms with Crippen molar-refractivity contribution in [1.82, 2.24) is 0 Å². The van der Waals surface area contributed by atoms with E-state index in [0.29, 0.717) is 5.69 Å². The van der Waals surface area contributed by atoms with Crippen LogP contribution >= 0.6 is 0 Å². The molecule has 0 amide bonds. The first-order valence-electron chi connectivity index (χ1n) is 5.20. The van der Waals surface area contributed by atoms with Crippen molar-refractivity contribution >= 4 is 15.5 Å². The maximum atomic E-state index is 12.2. The lowest BCUT2D eigenvalue weighted by atomic mass is 10.3. The Morgan fingerprint density at radius 1 is 0.889 bits per heavy atom. The topological polar surface area (TPSA) is 70.0 Å². The van der Waals surface area contributed by atoms with E-state index in [9.17, 15) is 8.42 Å². The smallest absolute Gasteiger partial charge is 0.206 e. The number of hydrogen-bond donors (Lipinski definition) is 1. The van der Waals surface area contributed by atoms with Crippen molar-refractivity contribution in [3.63, 3.8) is 0 Å². The Hall–Kier alpha value is -2.32. The molecule has 90 valence electrons. The van der Waals surface area contributed by atoms with Gasteiger partial charge in [-0.2, -0.15) is 5.26 Å². The molecular weight excluding hydrogens is 248 g/mol. The van der Waals surface area contributed by atoms with E-state index in [0.717, 1.165) is 0 Å². The number of hydrogen-bond acceptors (Lipinski definition) is 4. The van der Waals surface area contributed by atoms with E-state index in [1.165, 1.54) is 12.1 Å². The molecule has 0 fully saturated rings. The number of benzene rings is 2. The summed E-state index contributed by atoms with van der Waals surface area (Å²) in [5.41, 5.74) is 0.560. The molecule has 4 nitrogen and oxygen atoms in total. The van der Waals surface area contributed by atoms with Gasteiger partial charge in [0.1, 0.15) is 0 Å². The Morgan fingerprint density at radius 2 is 1.44 bits per heavy atom. The first kappa shape index (κ1) is 12.1. The van der Waals surface area contributed by atoms with Gasteiger partial charge in [-0.05, 0) is 36.4 Å². The van der Waals surface area contributed by atoms with Gasteiger partial charge in [0.25, 0.3) is 0 Å². The van der Waals surface area contributed by atoms with Gasteiger partial charge in [-0.25, -0.2) is 8.42 Å². The molecule has 18 heavy (non-hydrogen) atoms. The molecule has 0 unspecified atom stereocenters. The lowest BCUT2D eigenvalue weighted by Crippen LogP contribution is -2.01. The second-order valence-corrected chi connectivity index (χ2v) is 5.53. The van der Waals surface area contributed by atoms with Crippen LogP contribution in [0.2, 0.25) is 0 Å². The maximum Gasteiger partial charge on any atom is 0.206 e. The number of anilines is 1. The average Bonchev–Trinajstić information content (AvgIpc) is 2.41. The fourth-order valence-corrected chi connectivity index (χ4v) is 2.80. The van der Waals surface area contributed by atoms with E-state index in [1.807, 2.05) is 0 Å². The normalized spacial score (nSPS) is 10.6. The first-order valence-corrected chi connectivity index (χ1v) is 6.68. The largest absolute Gasteiger partial charge is 0.293 e. The highest BCUT2D eigenvalue weighted by Crippen LogP contribution is 2.21. The molecule has 0 aliphatic carbocycles. The Labute approximate surface area is 105 Å². The molecule has 0 saturated carbocycles. The van der Waals surface area contributed by atoms with Crippen molar-refractivity contribution in [2.45, 2.75) is 9.79 Å². The Kier molecular flexibility index (Phi) is 3.31. The van der Waals surface area contributed by atoms with E-state index in [4.69, 9.17) is 5.26 Å². The fraction of sp³-hybridized carbons (Fsp3) is 0. The van der Waals surface area contributed by atoms with Crippen LogP contribution in [0.1, 0.15) is 0 Å². The lowest BCUT2D eigenvalue weighted by molar-refractivity contribution is 0.596. The van der Waals surface area contributed by atoms with Crippen molar-refractivity contribution in [2.24, 2.45) is 0 Å². The standard InChI is InChI=1S/C13H10N2O2S/c14-10-15-11-6-8-13(9-7-11)18(16,17)12-4-2-1-3-5-12/h1-9,15H. The van der Waals surface area contributed by atoms with Crippen LogP contribution in [0.3, 0.4) is 0 Å². The zero-order valence-corrected chi connectivity index (χ0v) is 10.2. The van der Waals surface area contributed by atoms with E-state index in [2.05, 4.69) is 5.32 Å². The van der Waals surface area contributed by atoms with Crippen LogP contribution in [0.5, 0.6) is 0 Å². The summed E-state index contributed by atoms with van der Waals surface area (Å²) in [6, 6.07) is 14.3. The zero-order chi connectivity index (χ0) is 13.0. The second-order valence-electron chi connectivity index (χ2n) is 3.58. The summed E-state index contributed by atoms with van der Waals surface area (Å²) in [7, 11) is -3.48. The van der Waals surface area contributed by atoms with E-state index < -0.39 is 9.84 Å². The van der Waals surface area contributed by atoms with Gasteiger partial charge < -0.3 is 0 Å². The highest BCUT2D eigenvalue weighted by molar-refractivity contribution is 7.91. The number of nitrogens with zero attached hydrogens (tertiary/aromatic N) is 1. The minimum absolute atomic E-state index is 0.206. The first-order chi connectivity index (χ1) is 8.64. The SMILES string of the molecule is N#CNc1ccc(S(=O)(=O)c2ccccc2)cc1. The van der Waals surface area contributed by atoms with Crippen LogP contribution in [0, 0.1) is 11.5 Å². The summed E-state index contributed by atoms with van der Waals surface area (Å²) in [5, 5.41) is 10.9. The molecule has 5 heteroatoms. The quantitative estimate of drug-likeness (QED) is 0.678. The Morgan fingerprint density at radius 3 is 2.00 bits per heavy atom. The van der Waals surface area contributed by atoms with Gasteiger partial charge in [0, 0.05) is 5.69 Å². The molecule has 0 radical (unpaired) electrons. The molecule has 0 aromatic heterocycles. The van der Waals surface area contributed by atoms with Crippen molar-refractivity contribution in [3.8, 4) is 6.19 Å². The molecule has 2 aromatic rings. The molecule has 2 rings (SSSR count). The molecule has 0 aliphatic heterocycles. The number of nitrogens with one attached hydrogen (secondary N) is 1. The fourth-order valence-electron chi connectivity index (χ4n) is 1.52. The molecule has 0 saturated heterocycles. The summed E-state index contributed by atoms with van der Waals surface area (Å²) in [6.07, 6.45) is 1.77. The third-order valence-electron chi connectivity index (χ3n) is 2.42. The van der Waals surface area contributed by atoms with E-state index in [1.54, 1.807) is 48.7 Å². The molecule has 2 aromatic carbocycles. The van der Waals surface area contributed by atoms with Crippen molar-refractivity contribution in [1.29, 1.82) is 5.26 Å². The monoisotopic (exact) mass is 258 g/mol. The average molecular weight is 258 g/mol. The number of rotatable bonds is 3. The Balaban J connectivity index is 2.40. The predicted octanol–water partition coefficient (Wildman–Crippen LogP) is 2.41. The van der Waals surface area contributed by atoms with Crippen molar-refractivity contribution < 1.29 is 8.42 Å². The second kappa shape index (κ2) is 4.90. The maximum absolute atomic E-state index is 12.2. The highest BCUT2D eigenvalue weighted by atomic mass is 32.2. The molecule has 0 heterocycles. The van der Waals surface area contributed by atoms with Gasteiger partial charge in [-0.1, -0.05) is 18.2 Å². The third kappa shape index (κ3) is 2.34. The van der Waals surface area contributed by atoms with Crippen LogP contribution in [0.15, 0.2) is 64.4 Å². The van der Waals surface area contributed by atoms with Gasteiger partial charge in [0.2, 0.25) is 9.84 Å². The van der Waals surface area contributed by atoms with Gasteiger partial charge in [0.05, 0.1) is 9.79 Å². The molecule has 0 atom stereocenters. The van der Waals surface area contributed by atoms with Crippen LogP contribution < -0.4 is 5.32 Å². The van der Waals surface area contributed by atoms with Crippen LogP contribution in [0.25, 0.3) is 0 Å². The molecule has 0 spiro atoms. The number of sulfone groups is 1. The highest BCUT2D eigenvalue weighted by Gasteiger charge is 2.16. The van der Waals surface area contributed by atoms with E-state index in [-0.39, 0.29) is 9.79 Å². The van der Waals surface area contributed by atoms with Crippen molar-refractivity contribution in [2.75, 3.05) is 5.32 Å². The summed E-state index contributed by atoms with van der Waals surface area (Å²) in [5.74, 6) is 0. The lowest BCUT2D eigenvalue weighted by Gasteiger charge is -2.05. The van der Waals surface area contributed by atoms with Gasteiger partial charge in [0.15, 0.2) is 6.19 Å². The van der Waals surface area contributed by atoms with Gasteiger partial charge in [-0.15, -0.1) is 0 Å². The summed E-state index contributed by atoms with van der Waals surface area (Å²) in [4.78, 5) is 0.461. The zero-order valence-electron chi connectivity index (χ0n) is 9.37. The molecule has 0 aliphatic rings. The third-order valence-corrected chi connectivity index (χ3v) is 4.20. The minimum Gasteiger partial charge on any atom is -0.293 e. The van der Waals surface area contributed by atoms with Gasteiger partial charge >= 0.3 is 0 Å².